The summed E-state index contributed by atoms with van der Waals surface area (Å²) in [5.74, 6) is 0.204. The molecule has 6 heteroatoms. The zero-order valence-electron chi connectivity index (χ0n) is 14.3. The van der Waals surface area contributed by atoms with E-state index >= 15 is 0 Å². The van der Waals surface area contributed by atoms with Gasteiger partial charge >= 0.3 is 0 Å². The van der Waals surface area contributed by atoms with Gasteiger partial charge in [0, 0.05) is 29.0 Å². The summed E-state index contributed by atoms with van der Waals surface area (Å²) in [6.45, 7) is 0. The molecule has 1 aromatic carbocycles. The fourth-order valence-electron chi connectivity index (χ4n) is 4.25. The third-order valence-electron chi connectivity index (χ3n) is 5.57. The molecule has 3 aromatic rings. The predicted molar refractivity (Wildman–Crippen MR) is 96.5 cm³/mol. The third-order valence-corrected chi connectivity index (χ3v) is 5.57. The van der Waals surface area contributed by atoms with Gasteiger partial charge in [0.2, 0.25) is 5.91 Å². The normalized spacial score (nSPS) is 20.3. The van der Waals surface area contributed by atoms with Gasteiger partial charge in [-0.3, -0.25) is 4.79 Å². The SMILES string of the molecule is O=C1CC(c2ccc3cccc(F)c3n2)c2cnn(C3CCCC3)c2N1. The van der Waals surface area contributed by atoms with Gasteiger partial charge in [-0.1, -0.05) is 31.0 Å². The number of halogens is 1. The molecule has 0 bridgehead atoms. The monoisotopic (exact) mass is 350 g/mol. The summed E-state index contributed by atoms with van der Waals surface area (Å²) in [4.78, 5) is 16.9. The first-order chi connectivity index (χ1) is 12.7. The molecular formula is C20H19FN4O. The van der Waals surface area contributed by atoms with Crippen LogP contribution in [0.1, 0.15) is 55.3 Å². The molecule has 1 aliphatic heterocycles. The van der Waals surface area contributed by atoms with E-state index in [0.717, 1.165) is 29.6 Å². The Hall–Kier alpha value is -2.76. The van der Waals surface area contributed by atoms with Gasteiger partial charge in [0.15, 0.2) is 0 Å². The second-order valence-electron chi connectivity index (χ2n) is 7.18. The number of aromatic nitrogens is 3. The largest absolute Gasteiger partial charge is 0.311 e. The minimum atomic E-state index is -0.341. The molecule has 5 rings (SSSR count). The van der Waals surface area contributed by atoms with Gasteiger partial charge < -0.3 is 5.32 Å². The van der Waals surface area contributed by atoms with Crippen molar-refractivity contribution in [3.63, 3.8) is 0 Å². The lowest BCUT2D eigenvalue weighted by Gasteiger charge is -2.24. The van der Waals surface area contributed by atoms with Crippen molar-refractivity contribution in [1.82, 2.24) is 14.8 Å². The number of pyridine rings is 1. The molecule has 2 aliphatic rings. The maximum absolute atomic E-state index is 14.2. The quantitative estimate of drug-likeness (QED) is 0.755. The lowest BCUT2D eigenvalue weighted by molar-refractivity contribution is -0.116. The number of hydrogen-bond acceptors (Lipinski definition) is 3. The van der Waals surface area contributed by atoms with Crippen LogP contribution in [0.25, 0.3) is 10.9 Å². The van der Waals surface area contributed by atoms with Gasteiger partial charge in [-0.2, -0.15) is 5.10 Å². The van der Waals surface area contributed by atoms with E-state index in [-0.39, 0.29) is 17.6 Å². The molecule has 1 amide bonds. The molecule has 0 radical (unpaired) electrons. The number of anilines is 1. The smallest absolute Gasteiger partial charge is 0.226 e. The molecule has 2 aromatic heterocycles. The van der Waals surface area contributed by atoms with Crippen molar-refractivity contribution >= 4 is 22.6 Å². The molecule has 132 valence electrons. The average Bonchev–Trinajstić information content (AvgIpc) is 3.30. The summed E-state index contributed by atoms with van der Waals surface area (Å²) < 4.78 is 16.1. The molecule has 1 unspecified atom stereocenters. The fraction of sp³-hybridized carbons (Fsp3) is 0.350. The number of nitrogens with one attached hydrogen (secondary N) is 1. The van der Waals surface area contributed by atoms with E-state index in [1.165, 1.54) is 18.9 Å². The molecule has 26 heavy (non-hydrogen) atoms. The summed E-state index contributed by atoms with van der Waals surface area (Å²) in [5, 5.41) is 8.32. The van der Waals surface area contributed by atoms with Crippen LogP contribution in [0.2, 0.25) is 0 Å². The number of amides is 1. The molecule has 1 atom stereocenters. The highest BCUT2D eigenvalue weighted by Crippen LogP contribution is 2.40. The number of carbonyl (C=O) groups excluding carboxylic acids is 1. The maximum Gasteiger partial charge on any atom is 0.226 e. The minimum Gasteiger partial charge on any atom is -0.311 e. The van der Waals surface area contributed by atoms with Crippen molar-refractivity contribution in [2.45, 2.75) is 44.1 Å². The van der Waals surface area contributed by atoms with E-state index in [9.17, 15) is 9.18 Å². The lowest BCUT2D eigenvalue weighted by atomic mass is 9.90. The first kappa shape index (κ1) is 15.5. The van der Waals surface area contributed by atoms with E-state index in [0.29, 0.717) is 23.7 Å². The van der Waals surface area contributed by atoms with Crippen molar-refractivity contribution in [2.75, 3.05) is 5.32 Å². The number of benzene rings is 1. The first-order valence-electron chi connectivity index (χ1n) is 9.13. The second kappa shape index (κ2) is 5.90. The van der Waals surface area contributed by atoms with E-state index in [4.69, 9.17) is 0 Å². The molecular weight excluding hydrogens is 331 g/mol. The molecule has 1 N–H and O–H groups in total. The third kappa shape index (κ3) is 2.40. The van der Waals surface area contributed by atoms with Gasteiger partial charge in [0.25, 0.3) is 0 Å². The van der Waals surface area contributed by atoms with Crippen LogP contribution in [0.3, 0.4) is 0 Å². The van der Waals surface area contributed by atoms with Crippen LogP contribution in [-0.2, 0) is 4.79 Å². The van der Waals surface area contributed by atoms with Gasteiger partial charge in [-0.15, -0.1) is 0 Å². The number of nitrogens with zero attached hydrogens (tertiary/aromatic N) is 3. The number of rotatable bonds is 2. The molecule has 0 saturated heterocycles. The Balaban J connectivity index is 1.60. The second-order valence-corrected chi connectivity index (χ2v) is 7.18. The average molecular weight is 350 g/mol. The number of carbonyl (C=O) groups is 1. The van der Waals surface area contributed by atoms with Crippen LogP contribution < -0.4 is 5.32 Å². The predicted octanol–water partition coefficient (Wildman–Crippen LogP) is 4.16. The summed E-state index contributed by atoms with van der Waals surface area (Å²) in [5.41, 5.74) is 2.03. The maximum atomic E-state index is 14.2. The summed E-state index contributed by atoms with van der Waals surface area (Å²) in [7, 11) is 0. The van der Waals surface area contributed by atoms with Crippen LogP contribution >= 0.6 is 0 Å². The number of fused-ring (bicyclic) bond motifs is 2. The Morgan fingerprint density at radius 2 is 2.00 bits per heavy atom. The van der Waals surface area contributed by atoms with Crippen molar-refractivity contribution < 1.29 is 9.18 Å². The van der Waals surface area contributed by atoms with Gasteiger partial charge in [0.1, 0.15) is 17.2 Å². The number of para-hydroxylation sites is 1. The standard InChI is InChI=1S/C20H19FN4O/c21-16-7-3-4-12-8-9-17(23-19(12)16)14-10-18(26)24-20-15(14)11-22-25(20)13-5-1-2-6-13/h3-4,7-9,11,13-14H,1-2,5-6,10H2,(H,24,26). The zero-order chi connectivity index (χ0) is 17.7. The molecule has 1 saturated carbocycles. The Kier molecular flexibility index (Phi) is 3.51. The highest BCUT2D eigenvalue weighted by molar-refractivity contribution is 5.94. The lowest BCUT2D eigenvalue weighted by Crippen LogP contribution is -2.26. The van der Waals surface area contributed by atoms with Crippen molar-refractivity contribution in [3.8, 4) is 0 Å². The Morgan fingerprint density at radius 3 is 2.85 bits per heavy atom. The van der Waals surface area contributed by atoms with Gasteiger partial charge in [0.05, 0.1) is 12.2 Å². The van der Waals surface area contributed by atoms with Crippen molar-refractivity contribution in [2.24, 2.45) is 0 Å². The summed E-state index contributed by atoms with van der Waals surface area (Å²) >= 11 is 0. The van der Waals surface area contributed by atoms with Crippen molar-refractivity contribution in [1.29, 1.82) is 0 Å². The summed E-state index contributed by atoms with van der Waals surface area (Å²) in [6.07, 6.45) is 6.72. The van der Waals surface area contributed by atoms with Crippen LogP contribution in [-0.4, -0.2) is 20.7 Å². The molecule has 3 heterocycles. The molecule has 5 nitrogen and oxygen atoms in total. The Labute approximate surface area is 150 Å². The Bertz CT molecular complexity index is 1010. The van der Waals surface area contributed by atoms with E-state index in [1.807, 2.05) is 29.1 Å². The first-order valence-corrected chi connectivity index (χ1v) is 9.13. The topological polar surface area (TPSA) is 59.8 Å². The highest BCUT2D eigenvalue weighted by atomic mass is 19.1. The van der Waals surface area contributed by atoms with Crippen LogP contribution in [0, 0.1) is 5.82 Å². The molecule has 0 spiro atoms. The number of hydrogen-bond donors (Lipinski definition) is 1. The van der Waals surface area contributed by atoms with Crippen LogP contribution in [0.5, 0.6) is 0 Å². The minimum absolute atomic E-state index is 0.0438. The van der Waals surface area contributed by atoms with E-state index in [2.05, 4.69) is 15.4 Å². The van der Waals surface area contributed by atoms with E-state index in [1.54, 1.807) is 6.07 Å². The molecule has 1 aliphatic carbocycles. The summed E-state index contributed by atoms with van der Waals surface area (Å²) in [6, 6.07) is 9.04. The Morgan fingerprint density at radius 1 is 1.15 bits per heavy atom. The fourth-order valence-corrected chi connectivity index (χ4v) is 4.25. The van der Waals surface area contributed by atoms with Crippen LogP contribution in [0.4, 0.5) is 10.2 Å². The van der Waals surface area contributed by atoms with E-state index < -0.39 is 0 Å². The van der Waals surface area contributed by atoms with Gasteiger partial charge in [-0.05, 0) is 25.0 Å². The molecule has 1 fully saturated rings. The van der Waals surface area contributed by atoms with Crippen molar-refractivity contribution in [3.05, 3.63) is 53.6 Å². The zero-order valence-corrected chi connectivity index (χ0v) is 14.3. The highest BCUT2D eigenvalue weighted by Gasteiger charge is 2.33. The van der Waals surface area contributed by atoms with Crippen LogP contribution in [0.15, 0.2) is 36.5 Å². The van der Waals surface area contributed by atoms with Gasteiger partial charge in [-0.25, -0.2) is 14.1 Å².